The Morgan fingerprint density at radius 2 is 2.10 bits per heavy atom. The van der Waals surface area contributed by atoms with E-state index in [2.05, 4.69) is 4.89 Å². The smallest absolute Gasteiger partial charge is 0.372 e. The van der Waals surface area contributed by atoms with Gasteiger partial charge in [0.15, 0.2) is 0 Å². The minimum atomic E-state index is -0.932. The van der Waals surface area contributed by atoms with E-state index >= 15 is 0 Å². The third-order valence-corrected chi connectivity index (χ3v) is 3.06. The second-order valence-electron chi connectivity index (χ2n) is 5.10. The molecule has 1 aromatic carbocycles. The fraction of sp³-hybridized carbons (Fsp3) is 0.462. The van der Waals surface area contributed by atoms with Crippen LogP contribution < -0.4 is 0 Å². The Labute approximate surface area is 115 Å². The molecule has 1 aromatic rings. The molecule has 0 amide bonds. The van der Waals surface area contributed by atoms with Crippen LogP contribution in [0.1, 0.15) is 35.3 Å². The predicted molar refractivity (Wildman–Crippen MR) is 70.2 cm³/mol. The molecule has 110 valence electrons. The highest BCUT2D eigenvalue weighted by atomic mass is 17.1. The molecule has 0 saturated carbocycles. The van der Waals surface area contributed by atoms with E-state index in [0.29, 0.717) is 17.5 Å². The number of nitrogens with zero attached hydrogens (tertiary/aromatic N) is 1. The van der Waals surface area contributed by atoms with Crippen LogP contribution in [0.4, 0.5) is 0 Å². The Morgan fingerprint density at radius 1 is 1.45 bits per heavy atom. The first-order chi connectivity index (χ1) is 9.31. The summed E-state index contributed by atoms with van der Waals surface area (Å²) < 4.78 is 0. The number of hydrogen-bond donors (Lipinski definition) is 2. The van der Waals surface area contributed by atoms with E-state index in [4.69, 9.17) is 10.4 Å². The van der Waals surface area contributed by atoms with Crippen LogP contribution in [0, 0.1) is 10.1 Å². The van der Waals surface area contributed by atoms with Crippen molar-refractivity contribution in [3.8, 4) is 0 Å². The molecule has 0 heterocycles. The van der Waals surface area contributed by atoms with Gasteiger partial charge in [-0.1, -0.05) is 6.07 Å². The van der Waals surface area contributed by atoms with Gasteiger partial charge in [-0.2, -0.15) is 5.26 Å². The van der Waals surface area contributed by atoms with Gasteiger partial charge in [0.2, 0.25) is 6.54 Å². The van der Waals surface area contributed by atoms with Gasteiger partial charge >= 0.3 is 5.97 Å². The zero-order chi connectivity index (χ0) is 15.3. The zero-order valence-corrected chi connectivity index (χ0v) is 11.3. The van der Waals surface area contributed by atoms with Gasteiger partial charge in [-0.3, -0.25) is 15.0 Å². The molecule has 2 N–H and O–H groups in total. The van der Waals surface area contributed by atoms with E-state index in [1.807, 2.05) is 0 Å². The number of carbonyl (C=O) groups is 1. The molecule has 0 atom stereocenters. The van der Waals surface area contributed by atoms with Gasteiger partial charge in [-0.05, 0) is 43.5 Å². The van der Waals surface area contributed by atoms with Gasteiger partial charge in [0, 0.05) is 11.5 Å². The summed E-state index contributed by atoms with van der Waals surface area (Å²) in [7, 11) is 0. The number of nitro groups is 1. The van der Waals surface area contributed by atoms with Gasteiger partial charge < -0.3 is 5.11 Å². The average Bonchev–Trinajstić information content (AvgIpc) is 2.37. The maximum Gasteiger partial charge on any atom is 0.372 e. The monoisotopic (exact) mass is 283 g/mol. The molecule has 0 fully saturated rings. The van der Waals surface area contributed by atoms with Gasteiger partial charge in [0.05, 0.1) is 11.0 Å². The van der Waals surface area contributed by atoms with Crippen LogP contribution in [0.25, 0.3) is 0 Å². The quantitative estimate of drug-likeness (QED) is 0.464. The van der Waals surface area contributed by atoms with E-state index < -0.39 is 16.3 Å². The second kappa shape index (κ2) is 6.44. The highest BCUT2D eigenvalue weighted by molar-refractivity contribution is 5.89. The minimum Gasteiger partial charge on any atom is -0.396 e. The van der Waals surface area contributed by atoms with Gasteiger partial charge in [-0.15, -0.1) is 0 Å². The largest absolute Gasteiger partial charge is 0.396 e. The Bertz CT molecular complexity index is 512. The molecule has 0 spiro atoms. The molecule has 7 nitrogen and oxygen atoms in total. The number of carbonyl (C=O) groups excluding carboxylic acids is 1. The number of aliphatic hydroxyl groups excluding tert-OH is 1. The van der Waals surface area contributed by atoms with Gasteiger partial charge in [0.1, 0.15) is 0 Å². The van der Waals surface area contributed by atoms with E-state index in [1.165, 1.54) is 12.1 Å². The fourth-order valence-corrected chi connectivity index (χ4v) is 2.13. The molecule has 0 radical (unpaired) electrons. The Morgan fingerprint density at radius 3 is 2.60 bits per heavy atom. The maximum atomic E-state index is 11.3. The van der Waals surface area contributed by atoms with Crippen molar-refractivity contribution in [1.29, 1.82) is 0 Å². The number of hydrogen-bond acceptors (Lipinski definition) is 6. The summed E-state index contributed by atoms with van der Waals surface area (Å²) in [5.74, 6) is -0.932. The Balaban J connectivity index is 3.30. The van der Waals surface area contributed by atoms with Crippen LogP contribution in [0.3, 0.4) is 0 Å². The number of benzene rings is 1. The minimum absolute atomic E-state index is 0.0978. The summed E-state index contributed by atoms with van der Waals surface area (Å²) in [5.41, 5.74) is 0.570. The molecule has 0 aliphatic rings. The number of rotatable bonds is 6. The zero-order valence-electron chi connectivity index (χ0n) is 11.3. The Hall–Kier alpha value is -1.99. The lowest BCUT2D eigenvalue weighted by Crippen LogP contribution is -2.29. The van der Waals surface area contributed by atoms with Crippen molar-refractivity contribution in [2.24, 2.45) is 0 Å². The molecule has 0 aromatic heterocycles. The predicted octanol–water partition coefficient (Wildman–Crippen LogP) is 1.41. The number of aliphatic hydroxyl groups is 1. The third-order valence-electron chi connectivity index (χ3n) is 3.06. The second-order valence-corrected chi connectivity index (χ2v) is 5.10. The van der Waals surface area contributed by atoms with Crippen molar-refractivity contribution in [3.05, 3.63) is 45.0 Å². The average molecular weight is 283 g/mol. The lowest BCUT2D eigenvalue weighted by Gasteiger charge is -2.24. The first kappa shape index (κ1) is 16.1. The van der Waals surface area contributed by atoms with E-state index in [-0.39, 0.29) is 18.7 Å². The topological polar surface area (TPSA) is 110 Å². The van der Waals surface area contributed by atoms with Crippen molar-refractivity contribution in [1.82, 2.24) is 0 Å². The lowest BCUT2D eigenvalue weighted by molar-refractivity contribution is -0.489. The van der Waals surface area contributed by atoms with E-state index in [9.17, 15) is 14.9 Å². The molecule has 20 heavy (non-hydrogen) atoms. The van der Waals surface area contributed by atoms with Crippen molar-refractivity contribution < 1.29 is 25.0 Å². The molecule has 0 aliphatic carbocycles. The maximum absolute atomic E-state index is 11.3. The fourth-order valence-electron chi connectivity index (χ4n) is 2.13. The molecule has 0 aliphatic heterocycles. The van der Waals surface area contributed by atoms with Crippen molar-refractivity contribution in [3.63, 3.8) is 0 Å². The molecule has 1 rings (SSSR count). The highest BCUT2D eigenvalue weighted by Gasteiger charge is 2.30. The van der Waals surface area contributed by atoms with Crippen molar-refractivity contribution in [2.75, 3.05) is 13.2 Å². The standard InChI is InChI=1S/C13H17NO6/c1-13(2,8-14(17)18)11-7-10(12(16)20-19)4-3-9(11)5-6-15/h3-4,7,15,19H,5-6,8H2,1-2H3. The lowest BCUT2D eigenvalue weighted by atomic mass is 9.80. The van der Waals surface area contributed by atoms with Crippen LogP contribution in [-0.2, 0) is 16.7 Å². The van der Waals surface area contributed by atoms with Crippen LogP contribution in [-0.4, -0.2) is 34.4 Å². The first-order valence-electron chi connectivity index (χ1n) is 6.03. The summed E-state index contributed by atoms with van der Waals surface area (Å²) in [4.78, 5) is 25.3. The van der Waals surface area contributed by atoms with Crippen LogP contribution in [0.2, 0.25) is 0 Å². The van der Waals surface area contributed by atoms with E-state index in [1.54, 1.807) is 19.9 Å². The molecular weight excluding hydrogens is 266 g/mol. The summed E-state index contributed by atoms with van der Waals surface area (Å²) in [6, 6.07) is 4.49. The van der Waals surface area contributed by atoms with Gasteiger partial charge in [0.25, 0.3) is 0 Å². The molecule has 0 unspecified atom stereocenters. The molecule has 0 bridgehead atoms. The first-order valence-corrected chi connectivity index (χ1v) is 6.03. The van der Waals surface area contributed by atoms with Crippen LogP contribution in [0.15, 0.2) is 18.2 Å². The molecule has 7 heteroatoms. The molecular formula is C13H17NO6. The van der Waals surface area contributed by atoms with Crippen molar-refractivity contribution >= 4 is 5.97 Å². The summed E-state index contributed by atoms with van der Waals surface area (Å²) in [5, 5.41) is 28.2. The normalized spacial score (nSPS) is 11.2. The Kier molecular flexibility index (Phi) is 5.18. The summed E-state index contributed by atoms with van der Waals surface area (Å²) >= 11 is 0. The van der Waals surface area contributed by atoms with E-state index in [0.717, 1.165) is 0 Å². The van der Waals surface area contributed by atoms with Crippen molar-refractivity contribution in [2.45, 2.75) is 25.7 Å². The van der Waals surface area contributed by atoms with Gasteiger partial charge in [-0.25, -0.2) is 4.79 Å². The summed E-state index contributed by atoms with van der Waals surface area (Å²) in [6.45, 7) is 2.94. The summed E-state index contributed by atoms with van der Waals surface area (Å²) in [6.07, 6.45) is 0.324. The molecule has 0 saturated heterocycles. The third kappa shape index (κ3) is 3.75. The van der Waals surface area contributed by atoms with Crippen LogP contribution in [0.5, 0.6) is 0 Å². The van der Waals surface area contributed by atoms with Crippen LogP contribution >= 0.6 is 0 Å². The highest BCUT2D eigenvalue weighted by Crippen LogP contribution is 2.28. The SMILES string of the molecule is CC(C)(C[N+](=O)[O-])c1cc(C(=O)OO)ccc1CCO.